The number of nitrogens with one attached hydrogen (secondary N) is 1. The summed E-state index contributed by atoms with van der Waals surface area (Å²) in [6.07, 6.45) is 2.49. The van der Waals surface area contributed by atoms with Crippen LogP contribution in [0, 0.1) is 0 Å². The molecule has 1 aliphatic heterocycles. The minimum absolute atomic E-state index is 0.213. The van der Waals surface area contributed by atoms with Crippen LogP contribution >= 0.6 is 0 Å². The number of pyridine rings is 1. The number of hydrogen-bond acceptors (Lipinski definition) is 6. The molecular weight excluding hydrogens is 346 g/mol. The quantitative estimate of drug-likeness (QED) is 0.557. The molecule has 136 valence electrons. The first-order valence-corrected chi connectivity index (χ1v) is 8.44. The summed E-state index contributed by atoms with van der Waals surface area (Å²) >= 11 is 0. The SMILES string of the molecule is CC(Oc1cccc2cccnc12)C(=O)N/N=C/c1ccc2c(c1)OCO2. The number of amides is 1. The molecule has 3 aromatic rings. The zero-order valence-electron chi connectivity index (χ0n) is 14.6. The molecule has 0 saturated carbocycles. The van der Waals surface area contributed by atoms with Gasteiger partial charge < -0.3 is 14.2 Å². The Morgan fingerprint density at radius 2 is 2.07 bits per heavy atom. The molecule has 1 N–H and O–H groups in total. The number of hydrazone groups is 1. The van der Waals surface area contributed by atoms with Crippen molar-refractivity contribution in [1.29, 1.82) is 0 Å². The highest BCUT2D eigenvalue weighted by Gasteiger charge is 2.16. The molecule has 27 heavy (non-hydrogen) atoms. The van der Waals surface area contributed by atoms with Gasteiger partial charge in [0.1, 0.15) is 11.3 Å². The molecule has 0 aliphatic carbocycles. The highest BCUT2D eigenvalue weighted by Crippen LogP contribution is 2.32. The Balaban J connectivity index is 1.39. The van der Waals surface area contributed by atoms with Gasteiger partial charge in [-0.25, -0.2) is 5.43 Å². The summed E-state index contributed by atoms with van der Waals surface area (Å²) in [4.78, 5) is 16.6. The van der Waals surface area contributed by atoms with Crippen LogP contribution < -0.4 is 19.6 Å². The Morgan fingerprint density at radius 1 is 1.22 bits per heavy atom. The Morgan fingerprint density at radius 3 is 3.00 bits per heavy atom. The topological polar surface area (TPSA) is 82.0 Å². The summed E-state index contributed by atoms with van der Waals surface area (Å²) in [5.74, 6) is 1.54. The summed E-state index contributed by atoms with van der Waals surface area (Å²) in [5.41, 5.74) is 3.98. The van der Waals surface area contributed by atoms with Gasteiger partial charge in [0.05, 0.1) is 6.21 Å². The summed E-state index contributed by atoms with van der Waals surface area (Å²) in [7, 11) is 0. The second kappa shape index (κ2) is 7.33. The van der Waals surface area contributed by atoms with Crippen LogP contribution in [-0.4, -0.2) is 30.0 Å². The van der Waals surface area contributed by atoms with Gasteiger partial charge in [-0.15, -0.1) is 0 Å². The molecule has 1 amide bonds. The van der Waals surface area contributed by atoms with E-state index < -0.39 is 6.10 Å². The fourth-order valence-corrected chi connectivity index (χ4v) is 2.67. The molecular formula is C20H17N3O4. The predicted octanol–water partition coefficient (Wildman–Crippen LogP) is 2.88. The lowest BCUT2D eigenvalue weighted by Gasteiger charge is -2.14. The van der Waals surface area contributed by atoms with Crippen molar-refractivity contribution < 1.29 is 19.0 Å². The Kier molecular flexibility index (Phi) is 4.57. The van der Waals surface area contributed by atoms with Gasteiger partial charge in [0.2, 0.25) is 6.79 Å². The Bertz CT molecular complexity index is 1010. The number of carbonyl (C=O) groups is 1. The molecule has 1 aromatic heterocycles. The zero-order chi connectivity index (χ0) is 18.6. The average molecular weight is 363 g/mol. The number of benzene rings is 2. The number of ether oxygens (including phenoxy) is 3. The van der Waals surface area contributed by atoms with E-state index in [4.69, 9.17) is 14.2 Å². The average Bonchev–Trinajstić information content (AvgIpc) is 3.16. The van der Waals surface area contributed by atoms with Gasteiger partial charge in [0, 0.05) is 11.6 Å². The second-order valence-corrected chi connectivity index (χ2v) is 5.94. The number of nitrogens with zero attached hydrogens (tertiary/aromatic N) is 2. The summed E-state index contributed by atoms with van der Waals surface area (Å²) < 4.78 is 16.3. The number of carbonyl (C=O) groups excluding carboxylic acids is 1. The third-order valence-electron chi connectivity index (χ3n) is 4.05. The van der Waals surface area contributed by atoms with E-state index in [1.807, 2.05) is 30.3 Å². The third kappa shape index (κ3) is 3.67. The first-order chi connectivity index (χ1) is 13.2. The molecule has 0 fully saturated rings. The maximum absolute atomic E-state index is 12.2. The number of rotatable bonds is 5. The molecule has 7 nitrogen and oxygen atoms in total. The molecule has 0 radical (unpaired) electrons. The van der Waals surface area contributed by atoms with E-state index in [0.717, 1.165) is 10.9 Å². The highest BCUT2D eigenvalue weighted by atomic mass is 16.7. The van der Waals surface area contributed by atoms with Crippen molar-refractivity contribution in [2.24, 2.45) is 5.10 Å². The Labute approximate surface area is 155 Å². The predicted molar refractivity (Wildman–Crippen MR) is 100 cm³/mol. The molecule has 0 spiro atoms. The molecule has 1 unspecified atom stereocenters. The third-order valence-corrected chi connectivity index (χ3v) is 4.05. The van der Waals surface area contributed by atoms with Crippen molar-refractivity contribution in [1.82, 2.24) is 10.4 Å². The summed E-state index contributed by atoms with van der Waals surface area (Å²) in [6, 6.07) is 14.8. The highest BCUT2D eigenvalue weighted by molar-refractivity contribution is 5.87. The van der Waals surface area contributed by atoms with Gasteiger partial charge in [-0.1, -0.05) is 18.2 Å². The van der Waals surface area contributed by atoms with Crippen LogP contribution in [0.2, 0.25) is 0 Å². The van der Waals surface area contributed by atoms with E-state index in [0.29, 0.717) is 22.8 Å². The lowest BCUT2D eigenvalue weighted by atomic mass is 10.2. The zero-order valence-corrected chi connectivity index (χ0v) is 14.6. The molecule has 2 aromatic carbocycles. The maximum Gasteiger partial charge on any atom is 0.280 e. The molecule has 0 saturated heterocycles. The van der Waals surface area contributed by atoms with Crippen molar-refractivity contribution >= 4 is 23.0 Å². The lowest BCUT2D eigenvalue weighted by Crippen LogP contribution is -2.33. The van der Waals surface area contributed by atoms with Crippen LogP contribution in [0.5, 0.6) is 17.2 Å². The monoisotopic (exact) mass is 363 g/mol. The van der Waals surface area contributed by atoms with E-state index in [1.54, 1.807) is 31.3 Å². The Hall–Kier alpha value is -3.61. The maximum atomic E-state index is 12.2. The van der Waals surface area contributed by atoms with E-state index in [1.165, 1.54) is 6.21 Å². The van der Waals surface area contributed by atoms with Crippen LogP contribution in [0.25, 0.3) is 10.9 Å². The van der Waals surface area contributed by atoms with Gasteiger partial charge in [-0.2, -0.15) is 5.10 Å². The van der Waals surface area contributed by atoms with E-state index in [2.05, 4.69) is 15.5 Å². The van der Waals surface area contributed by atoms with Crippen LogP contribution in [0.4, 0.5) is 0 Å². The van der Waals surface area contributed by atoms with E-state index in [9.17, 15) is 4.79 Å². The standard InChI is InChI=1S/C20H17N3O4/c1-13(27-17-6-2-4-15-5-3-9-21-19(15)17)20(24)23-22-11-14-7-8-16-18(10-14)26-12-25-16/h2-11,13H,12H2,1H3,(H,23,24)/b22-11+. The minimum atomic E-state index is -0.730. The van der Waals surface area contributed by atoms with Crippen molar-refractivity contribution in [2.75, 3.05) is 6.79 Å². The van der Waals surface area contributed by atoms with E-state index >= 15 is 0 Å². The van der Waals surface area contributed by atoms with Crippen LogP contribution in [0.15, 0.2) is 59.8 Å². The van der Waals surface area contributed by atoms with Crippen LogP contribution in [0.3, 0.4) is 0 Å². The number of fused-ring (bicyclic) bond motifs is 2. The van der Waals surface area contributed by atoms with Crippen molar-refractivity contribution in [2.45, 2.75) is 13.0 Å². The van der Waals surface area contributed by atoms with Crippen LogP contribution in [0.1, 0.15) is 12.5 Å². The number of para-hydroxylation sites is 1. The number of hydrogen-bond donors (Lipinski definition) is 1. The fraction of sp³-hybridized carbons (Fsp3) is 0.150. The normalized spacial score (nSPS) is 13.7. The van der Waals surface area contributed by atoms with Gasteiger partial charge in [0.25, 0.3) is 5.91 Å². The summed E-state index contributed by atoms with van der Waals surface area (Å²) in [5, 5.41) is 4.92. The second-order valence-electron chi connectivity index (χ2n) is 5.94. The van der Waals surface area contributed by atoms with Gasteiger partial charge >= 0.3 is 0 Å². The number of aromatic nitrogens is 1. The van der Waals surface area contributed by atoms with Crippen molar-refractivity contribution in [3.8, 4) is 17.2 Å². The fourth-order valence-electron chi connectivity index (χ4n) is 2.67. The lowest BCUT2D eigenvalue weighted by molar-refractivity contribution is -0.127. The molecule has 0 bridgehead atoms. The molecule has 4 rings (SSSR count). The largest absolute Gasteiger partial charge is 0.479 e. The molecule has 7 heteroatoms. The smallest absolute Gasteiger partial charge is 0.280 e. The molecule has 1 atom stereocenters. The van der Waals surface area contributed by atoms with Crippen molar-refractivity contribution in [3.63, 3.8) is 0 Å². The summed E-state index contributed by atoms with van der Waals surface area (Å²) in [6.45, 7) is 1.87. The van der Waals surface area contributed by atoms with E-state index in [-0.39, 0.29) is 12.7 Å². The van der Waals surface area contributed by atoms with Crippen LogP contribution in [-0.2, 0) is 4.79 Å². The van der Waals surface area contributed by atoms with Gasteiger partial charge in [-0.3, -0.25) is 9.78 Å². The molecule has 2 heterocycles. The first-order valence-electron chi connectivity index (χ1n) is 8.44. The van der Waals surface area contributed by atoms with Crippen molar-refractivity contribution in [3.05, 3.63) is 60.3 Å². The van der Waals surface area contributed by atoms with Gasteiger partial charge in [0.15, 0.2) is 17.6 Å². The first kappa shape index (κ1) is 16.8. The van der Waals surface area contributed by atoms with Gasteiger partial charge in [-0.05, 0) is 42.8 Å². The minimum Gasteiger partial charge on any atom is -0.479 e. The molecule has 1 aliphatic rings.